The van der Waals surface area contributed by atoms with E-state index in [1.807, 2.05) is 4.90 Å². The van der Waals surface area contributed by atoms with E-state index in [0.29, 0.717) is 36.0 Å². The first-order valence-electron chi connectivity index (χ1n) is 11.1. The average Bonchev–Trinajstić information content (AvgIpc) is 3.42. The van der Waals surface area contributed by atoms with Gasteiger partial charge in [0.1, 0.15) is 17.2 Å². The number of rotatable bonds is 4. The third-order valence-electron chi connectivity index (χ3n) is 6.54. The van der Waals surface area contributed by atoms with Crippen molar-refractivity contribution in [3.63, 3.8) is 0 Å². The molecule has 0 radical (unpaired) electrons. The molecule has 33 heavy (non-hydrogen) atoms. The Morgan fingerprint density at radius 1 is 1.15 bits per heavy atom. The molecule has 1 aromatic carbocycles. The Bertz CT molecular complexity index is 1210. The van der Waals surface area contributed by atoms with Crippen LogP contribution in [-0.2, 0) is 4.74 Å². The number of nitrogens with one attached hydrogen (secondary N) is 1. The average molecular weight is 471 g/mol. The quantitative estimate of drug-likeness (QED) is 0.630. The monoisotopic (exact) mass is 470 g/mol. The zero-order valence-electron chi connectivity index (χ0n) is 18.0. The standard InChI is InChI=1S/C24H24ClFN4O3/c25-16-5-6-21-28-20(15-30(21)14-16)23(32)29-11-9-24(10-12-29)8-7-17(33-24)13-27-22(31)18-3-1-2-4-19(18)26/h1-6,14-15,17H,7-13H2,(H,27,31)/t17-/m1/s1. The van der Waals surface area contributed by atoms with Crippen LogP contribution >= 0.6 is 11.6 Å². The second-order valence-electron chi connectivity index (χ2n) is 8.68. The largest absolute Gasteiger partial charge is 0.370 e. The fourth-order valence-corrected chi connectivity index (χ4v) is 4.87. The summed E-state index contributed by atoms with van der Waals surface area (Å²) in [5.74, 6) is -1.08. The van der Waals surface area contributed by atoms with Crippen LogP contribution in [0.5, 0.6) is 0 Å². The highest BCUT2D eigenvalue weighted by Gasteiger charge is 2.43. The highest BCUT2D eigenvalue weighted by Crippen LogP contribution is 2.39. The minimum absolute atomic E-state index is 0.0336. The Morgan fingerprint density at radius 2 is 1.94 bits per heavy atom. The number of pyridine rings is 1. The third kappa shape index (κ3) is 4.45. The van der Waals surface area contributed by atoms with Gasteiger partial charge in [-0.1, -0.05) is 23.7 Å². The molecule has 0 bridgehead atoms. The van der Waals surface area contributed by atoms with Crippen molar-refractivity contribution >= 4 is 29.1 Å². The molecule has 3 aromatic rings. The lowest BCUT2D eigenvalue weighted by molar-refractivity contribution is -0.0712. The Kier molecular flexibility index (Phi) is 5.80. The minimum Gasteiger partial charge on any atom is -0.370 e. The molecule has 172 valence electrons. The molecule has 5 rings (SSSR count). The summed E-state index contributed by atoms with van der Waals surface area (Å²) in [6, 6.07) is 9.45. The van der Waals surface area contributed by atoms with Crippen LogP contribution < -0.4 is 5.32 Å². The van der Waals surface area contributed by atoms with Gasteiger partial charge in [-0.2, -0.15) is 0 Å². The number of hydrogen-bond acceptors (Lipinski definition) is 4. The summed E-state index contributed by atoms with van der Waals surface area (Å²) < 4.78 is 21.9. The normalized spacial score (nSPS) is 19.8. The fraction of sp³-hybridized carbons (Fsp3) is 0.375. The van der Waals surface area contributed by atoms with Gasteiger partial charge in [0, 0.05) is 32.0 Å². The van der Waals surface area contributed by atoms with E-state index in [9.17, 15) is 14.0 Å². The molecular formula is C24H24ClFN4O3. The molecule has 1 spiro atoms. The molecule has 2 amide bonds. The summed E-state index contributed by atoms with van der Waals surface area (Å²) in [4.78, 5) is 31.4. The summed E-state index contributed by atoms with van der Waals surface area (Å²) in [6.45, 7) is 1.50. The highest BCUT2D eigenvalue weighted by atomic mass is 35.5. The van der Waals surface area contributed by atoms with Gasteiger partial charge in [-0.3, -0.25) is 9.59 Å². The van der Waals surface area contributed by atoms with Crippen molar-refractivity contribution in [2.24, 2.45) is 0 Å². The molecule has 1 atom stereocenters. The lowest BCUT2D eigenvalue weighted by Crippen LogP contribution is -2.47. The van der Waals surface area contributed by atoms with Crippen LogP contribution in [0.2, 0.25) is 5.02 Å². The number of hydrogen-bond donors (Lipinski definition) is 1. The van der Waals surface area contributed by atoms with E-state index in [4.69, 9.17) is 16.3 Å². The van der Waals surface area contributed by atoms with Gasteiger partial charge in [0.25, 0.3) is 11.8 Å². The number of carbonyl (C=O) groups is 2. The van der Waals surface area contributed by atoms with Gasteiger partial charge in [0.05, 0.1) is 22.3 Å². The van der Waals surface area contributed by atoms with Crippen LogP contribution in [0.15, 0.2) is 48.8 Å². The van der Waals surface area contributed by atoms with E-state index in [2.05, 4.69) is 10.3 Å². The van der Waals surface area contributed by atoms with Crippen molar-refractivity contribution in [3.8, 4) is 0 Å². The van der Waals surface area contributed by atoms with Gasteiger partial charge in [0.2, 0.25) is 0 Å². The smallest absolute Gasteiger partial charge is 0.274 e. The Labute approximate surface area is 195 Å². The van der Waals surface area contributed by atoms with E-state index < -0.39 is 11.7 Å². The number of benzene rings is 1. The van der Waals surface area contributed by atoms with Crippen LogP contribution in [0.1, 0.15) is 46.5 Å². The predicted molar refractivity (Wildman–Crippen MR) is 121 cm³/mol. The van der Waals surface area contributed by atoms with Crippen molar-refractivity contribution in [1.29, 1.82) is 0 Å². The van der Waals surface area contributed by atoms with Crippen molar-refractivity contribution in [2.75, 3.05) is 19.6 Å². The first kappa shape index (κ1) is 21.9. The molecule has 2 fully saturated rings. The van der Waals surface area contributed by atoms with Gasteiger partial charge >= 0.3 is 0 Å². The zero-order chi connectivity index (χ0) is 23.0. The SMILES string of the molecule is O=C(NC[C@H]1CCC2(CCN(C(=O)c3cn4cc(Cl)ccc4n3)CC2)O1)c1ccccc1F. The summed E-state index contributed by atoms with van der Waals surface area (Å²) in [7, 11) is 0. The van der Waals surface area contributed by atoms with E-state index in [1.165, 1.54) is 12.1 Å². The third-order valence-corrected chi connectivity index (χ3v) is 6.77. The van der Waals surface area contributed by atoms with Crippen LogP contribution in [-0.4, -0.2) is 57.4 Å². The predicted octanol–water partition coefficient (Wildman–Crippen LogP) is 3.71. The molecule has 2 aliphatic heterocycles. The van der Waals surface area contributed by atoms with Crippen molar-refractivity contribution in [3.05, 3.63) is 70.9 Å². The summed E-state index contributed by atoms with van der Waals surface area (Å²) >= 11 is 6.02. The lowest BCUT2D eigenvalue weighted by atomic mass is 9.88. The minimum atomic E-state index is -0.537. The number of likely N-dealkylation sites (tertiary alicyclic amines) is 1. The molecule has 9 heteroatoms. The summed E-state index contributed by atoms with van der Waals surface area (Å²) in [5, 5.41) is 3.36. The molecule has 4 heterocycles. The Hall–Kier alpha value is -2.97. The number of piperidine rings is 1. The highest BCUT2D eigenvalue weighted by molar-refractivity contribution is 6.30. The van der Waals surface area contributed by atoms with Gasteiger partial charge in [-0.15, -0.1) is 0 Å². The van der Waals surface area contributed by atoms with Crippen molar-refractivity contribution in [1.82, 2.24) is 19.6 Å². The first-order valence-corrected chi connectivity index (χ1v) is 11.4. The molecule has 0 saturated carbocycles. The number of aromatic nitrogens is 2. The molecule has 2 aromatic heterocycles. The summed E-state index contributed by atoms with van der Waals surface area (Å²) in [6.07, 6.45) is 6.47. The van der Waals surface area contributed by atoms with Crippen molar-refractivity contribution < 1.29 is 18.7 Å². The topological polar surface area (TPSA) is 75.9 Å². The fourth-order valence-electron chi connectivity index (χ4n) is 4.70. The molecule has 2 aliphatic rings. The second kappa shape index (κ2) is 8.76. The molecule has 7 nitrogen and oxygen atoms in total. The second-order valence-corrected chi connectivity index (χ2v) is 9.12. The maximum atomic E-state index is 13.8. The number of fused-ring (bicyclic) bond motifs is 1. The lowest BCUT2D eigenvalue weighted by Gasteiger charge is -2.39. The molecule has 1 N–H and O–H groups in total. The van der Waals surface area contributed by atoms with E-state index in [0.717, 1.165) is 25.7 Å². The first-order chi connectivity index (χ1) is 15.9. The number of amides is 2. The maximum Gasteiger partial charge on any atom is 0.274 e. The van der Waals surface area contributed by atoms with Crippen LogP contribution in [0.3, 0.4) is 0 Å². The molecule has 2 saturated heterocycles. The molecular weight excluding hydrogens is 447 g/mol. The van der Waals surface area contributed by atoms with Crippen LogP contribution in [0.4, 0.5) is 4.39 Å². The number of carbonyl (C=O) groups excluding carboxylic acids is 2. The Balaban J connectivity index is 1.15. The van der Waals surface area contributed by atoms with Gasteiger partial charge in [-0.05, 0) is 49.9 Å². The van der Waals surface area contributed by atoms with E-state index in [-0.39, 0.29) is 23.2 Å². The zero-order valence-corrected chi connectivity index (χ0v) is 18.7. The summed E-state index contributed by atoms with van der Waals surface area (Å²) in [5.41, 5.74) is 0.826. The number of ether oxygens (including phenoxy) is 1. The Morgan fingerprint density at radius 3 is 2.73 bits per heavy atom. The van der Waals surface area contributed by atoms with E-state index >= 15 is 0 Å². The number of halogens is 2. The van der Waals surface area contributed by atoms with Crippen molar-refractivity contribution in [2.45, 2.75) is 37.4 Å². The number of imidazole rings is 1. The van der Waals surface area contributed by atoms with Gasteiger partial charge < -0.3 is 19.4 Å². The molecule has 0 unspecified atom stereocenters. The maximum absolute atomic E-state index is 13.8. The molecule has 0 aliphatic carbocycles. The van der Waals surface area contributed by atoms with Crippen LogP contribution in [0, 0.1) is 5.82 Å². The number of nitrogens with zero attached hydrogens (tertiary/aromatic N) is 3. The van der Waals surface area contributed by atoms with Gasteiger partial charge in [-0.25, -0.2) is 9.37 Å². The van der Waals surface area contributed by atoms with Gasteiger partial charge in [0.15, 0.2) is 0 Å². The van der Waals surface area contributed by atoms with Crippen LogP contribution in [0.25, 0.3) is 5.65 Å². The van der Waals surface area contributed by atoms with E-state index in [1.54, 1.807) is 41.1 Å².